The normalized spacial score (nSPS) is 11.5. The molecule has 0 aliphatic rings. The third kappa shape index (κ3) is 3.37. The fourth-order valence-corrected chi connectivity index (χ4v) is 0.846. The largest absolute Gasteiger partial charge is 0.480 e. The van der Waals surface area contributed by atoms with Crippen molar-refractivity contribution >= 4 is 31.2 Å². The van der Waals surface area contributed by atoms with Gasteiger partial charge in [-0.3, -0.25) is 0 Å². The maximum absolute atomic E-state index is 10.4. The van der Waals surface area contributed by atoms with Crippen molar-refractivity contribution < 1.29 is 9.90 Å². The molecule has 0 radical (unpaired) electrons. The van der Waals surface area contributed by atoms with Gasteiger partial charge in [-0.2, -0.15) is 25.3 Å². The predicted octanol–water partition coefficient (Wildman–Crippen LogP) is 1.82. The smallest absolute Gasteiger partial charge is 0.329 e. The summed E-state index contributed by atoms with van der Waals surface area (Å²) < 4.78 is -1.14. The third-order valence-corrected chi connectivity index (χ3v) is 2.05. The van der Waals surface area contributed by atoms with Crippen LogP contribution in [0.4, 0.5) is 0 Å². The van der Waals surface area contributed by atoms with E-state index in [1.54, 1.807) is 0 Å². The minimum atomic E-state index is -1.14. The minimum absolute atomic E-state index is 0.505. The summed E-state index contributed by atoms with van der Waals surface area (Å²) in [5.74, 6) is -0.965. The molecule has 0 aliphatic heterocycles. The van der Waals surface area contributed by atoms with Gasteiger partial charge in [0.25, 0.3) is 0 Å². The van der Waals surface area contributed by atoms with Crippen LogP contribution in [0.5, 0.6) is 0 Å². The molecule has 60 valence electrons. The quantitative estimate of drug-likeness (QED) is 0.456. The van der Waals surface area contributed by atoms with Crippen molar-refractivity contribution in [3.63, 3.8) is 0 Å². The molecule has 0 saturated heterocycles. The molecule has 0 aliphatic carbocycles. The van der Waals surface area contributed by atoms with Crippen molar-refractivity contribution in [2.45, 2.75) is 30.3 Å². The molecular formula is C6H12O2S2. The lowest BCUT2D eigenvalue weighted by molar-refractivity contribution is -0.137. The SMILES string of the molecule is CCCCC(S)(S)C(=O)O. The van der Waals surface area contributed by atoms with Crippen molar-refractivity contribution in [2.24, 2.45) is 0 Å². The lowest BCUT2D eigenvalue weighted by atomic mass is 10.2. The van der Waals surface area contributed by atoms with Crippen LogP contribution >= 0.6 is 25.3 Å². The first kappa shape index (κ1) is 10.2. The molecule has 1 N–H and O–H groups in total. The van der Waals surface area contributed by atoms with Crippen LogP contribution in [0.15, 0.2) is 0 Å². The number of rotatable bonds is 4. The Hall–Kier alpha value is 0.170. The van der Waals surface area contributed by atoms with Gasteiger partial charge in [0.1, 0.15) is 0 Å². The molecule has 10 heavy (non-hydrogen) atoms. The molecule has 0 amide bonds. The first-order chi connectivity index (χ1) is 4.50. The summed E-state index contributed by atoms with van der Waals surface area (Å²) in [6, 6.07) is 0. The molecule has 0 aromatic heterocycles. The summed E-state index contributed by atoms with van der Waals surface area (Å²) in [4.78, 5) is 10.4. The summed E-state index contributed by atoms with van der Waals surface area (Å²) in [6.07, 6.45) is 2.32. The zero-order valence-electron chi connectivity index (χ0n) is 5.87. The van der Waals surface area contributed by atoms with Crippen LogP contribution in [0, 0.1) is 0 Å². The molecule has 2 nitrogen and oxygen atoms in total. The number of aliphatic carboxylic acids is 1. The van der Waals surface area contributed by atoms with E-state index in [9.17, 15) is 4.79 Å². The molecular weight excluding hydrogens is 168 g/mol. The van der Waals surface area contributed by atoms with Gasteiger partial charge in [0.05, 0.1) is 0 Å². The summed E-state index contributed by atoms with van der Waals surface area (Å²) in [5, 5.41) is 8.52. The summed E-state index contributed by atoms with van der Waals surface area (Å²) in [7, 11) is 0. The van der Waals surface area contributed by atoms with E-state index >= 15 is 0 Å². The van der Waals surface area contributed by atoms with Crippen molar-refractivity contribution in [1.29, 1.82) is 0 Å². The highest BCUT2D eigenvalue weighted by atomic mass is 32.2. The van der Waals surface area contributed by atoms with E-state index in [4.69, 9.17) is 5.11 Å². The Bertz CT molecular complexity index is 123. The molecule has 0 atom stereocenters. The van der Waals surface area contributed by atoms with Gasteiger partial charge in [-0.15, -0.1) is 0 Å². The van der Waals surface area contributed by atoms with Crippen molar-refractivity contribution in [2.75, 3.05) is 0 Å². The number of unbranched alkanes of at least 4 members (excludes halogenated alkanes) is 1. The van der Waals surface area contributed by atoms with Gasteiger partial charge in [-0.1, -0.05) is 19.8 Å². The minimum Gasteiger partial charge on any atom is -0.480 e. The number of carboxylic acids is 1. The van der Waals surface area contributed by atoms with Crippen molar-refractivity contribution in [3.05, 3.63) is 0 Å². The molecule has 0 bridgehead atoms. The standard InChI is InChI=1S/C6H12O2S2/c1-2-3-4-6(9,10)5(7)8/h9-10H,2-4H2,1H3,(H,7,8). The van der Waals surface area contributed by atoms with Crippen molar-refractivity contribution in [3.8, 4) is 0 Å². The van der Waals surface area contributed by atoms with Crippen LogP contribution < -0.4 is 0 Å². The monoisotopic (exact) mass is 180 g/mol. The van der Waals surface area contributed by atoms with E-state index in [-0.39, 0.29) is 0 Å². The lowest BCUT2D eigenvalue weighted by Crippen LogP contribution is -2.25. The van der Waals surface area contributed by atoms with Crippen LogP contribution in [0.1, 0.15) is 26.2 Å². The van der Waals surface area contributed by atoms with Crippen LogP contribution in [0.3, 0.4) is 0 Å². The first-order valence-corrected chi connectivity index (χ1v) is 4.08. The van der Waals surface area contributed by atoms with Crippen LogP contribution in [0.2, 0.25) is 0 Å². The second kappa shape index (κ2) is 4.13. The number of hydrogen-bond donors (Lipinski definition) is 3. The van der Waals surface area contributed by atoms with E-state index in [2.05, 4.69) is 25.3 Å². The number of thiol groups is 2. The van der Waals surface area contributed by atoms with Crippen LogP contribution in [0.25, 0.3) is 0 Å². The van der Waals surface area contributed by atoms with Gasteiger partial charge in [0.2, 0.25) is 0 Å². The highest BCUT2D eigenvalue weighted by Gasteiger charge is 2.28. The Morgan fingerprint density at radius 1 is 1.60 bits per heavy atom. The molecule has 0 unspecified atom stereocenters. The fourth-order valence-electron chi connectivity index (χ4n) is 0.530. The Labute approximate surface area is 71.8 Å². The predicted molar refractivity (Wildman–Crippen MR) is 47.9 cm³/mol. The molecule has 4 heteroatoms. The Morgan fingerprint density at radius 2 is 2.10 bits per heavy atom. The number of carboxylic acid groups (broad SMARTS) is 1. The number of carbonyl (C=O) groups is 1. The molecule has 0 aromatic carbocycles. The van der Waals surface area contributed by atoms with Gasteiger partial charge in [0, 0.05) is 0 Å². The number of hydrogen-bond acceptors (Lipinski definition) is 3. The van der Waals surface area contributed by atoms with Crippen LogP contribution in [-0.4, -0.2) is 15.2 Å². The van der Waals surface area contributed by atoms with E-state index in [1.807, 2.05) is 6.92 Å². The van der Waals surface area contributed by atoms with Crippen LogP contribution in [-0.2, 0) is 4.79 Å². The molecule has 0 aromatic rings. The topological polar surface area (TPSA) is 37.3 Å². The molecule has 0 spiro atoms. The summed E-state index contributed by atoms with van der Waals surface area (Å²) in [5.41, 5.74) is 0. The molecule has 0 heterocycles. The first-order valence-electron chi connectivity index (χ1n) is 3.19. The van der Waals surface area contributed by atoms with Gasteiger partial charge >= 0.3 is 5.97 Å². The summed E-state index contributed by atoms with van der Waals surface area (Å²) >= 11 is 7.76. The Morgan fingerprint density at radius 3 is 2.40 bits per heavy atom. The maximum Gasteiger partial charge on any atom is 0.329 e. The molecule has 0 rings (SSSR count). The van der Waals surface area contributed by atoms with E-state index in [0.29, 0.717) is 6.42 Å². The zero-order chi connectivity index (χ0) is 8.20. The van der Waals surface area contributed by atoms with E-state index < -0.39 is 10.0 Å². The average molecular weight is 180 g/mol. The Balaban J connectivity index is 3.75. The highest BCUT2D eigenvalue weighted by Crippen LogP contribution is 2.26. The zero-order valence-corrected chi connectivity index (χ0v) is 7.66. The van der Waals surface area contributed by atoms with Crippen molar-refractivity contribution in [1.82, 2.24) is 0 Å². The second-order valence-electron chi connectivity index (χ2n) is 2.23. The highest BCUT2D eigenvalue weighted by molar-refractivity contribution is 8.01. The lowest BCUT2D eigenvalue weighted by Gasteiger charge is -2.15. The third-order valence-electron chi connectivity index (χ3n) is 1.22. The fraction of sp³-hybridized carbons (Fsp3) is 0.833. The van der Waals surface area contributed by atoms with Gasteiger partial charge in [-0.05, 0) is 6.42 Å². The summed E-state index contributed by atoms with van der Waals surface area (Å²) in [6.45, 7) is 2.00. The van der Waals surface area contributed by atoms with Gasteiger partial charge in [0.15, 0.2) is 4.08 Å². The maximum atomic E-state index is 10.4. The van der Waals surface area contributed by atoms with Gasteiger partial charge < -0.3 is 5.11 Å². The van der Waals surface area contributed by atoms with E-state index in [1.165, 1.54) is 0 Å². The van der Waals surface area contributed by atoms with Gasteiger partial charge in [-0.25, -0.2) is 4.79 Å². The second-order valence-corrected chi connectivity index (χ2v) is 4.10. The average Bonchev–Trinajstić information content (AvgIpc) is 1.84. The molecule has 0 saturated carbocycles. The molecule has 0 fully saturated rings. The Kier molecular flexibility index (Phi) is 4.20. The van der Waals surface area contributed by atoms with E-state index in [0.717, 1.165) is 12.8 Å².